The van der Waals surface area contributed by atoms with E-state index in [-0.39, 0.29) is 5.70 Å². The Kier molecular flexibility index (Phi) is 8.28. The Morgan fingerprint density at radius 2 is 1.64 bits per heavy atom. The highest BCUT2D eigenvalue weighted by Gasteiger charge is 2.30. The third-order valence-electron chi connectivity index (χ3n) is 4.48. The zero-order valence-corrected chi connectivity index (χ0v) is 21.5. The number of esters is 1. The van der Waals surface area contributed by atoms with Gasteiger partial charge in [0.15, 0.2) is 5.13 Å². The summed E-state index contributed by atoms with van der Waals surface area (Å²) in [4.78, 5) is 20.3. The van der Waals surface area contributed by atoms with Gasteiger partial charge in [0, 0.05) is 32.9 Å². The molecule has 10 heteroatoms. The maximum atomic E-state index is 14.1. The van der Waals surface area contributed by atoms with E-state index in [4.69, 9.17) is 27.9 Å². The lowest BCUT2D eigenvalue weighted by Crippen LogP contribution is -2.26. The number of hydrogen-bond acceptors (Lipinski definition) is 7. The first-order chi connectivity index (χ1) is 15.6. The van der Waals surface area contributed by atoms with Crippen LogP contribution in [0.5, 0.6) is 0 Å². The molecule has 0 aliphatic rings. The minimum Gasteiger partial charge on any atom is -0.464 e. The van der Waals surface area contributed by atoms with Crippen LogP contribution in [0.25, 0.3) is 22.4 Å². The molecule has 3 aromatic rings. The van der Waals surface area contributed by atoms with Gasteiger partial charge in [-0.3, -0.25) is 0 Å². The van der Waals surface area contributed by atoms with Gasteiger partial charge in [-0.25, -0.2) is 9.78 Å². The molecule has 0 saturated heterocycles. The molecule has 0 saturated carbocycles. The fourth-order valence-electron chi connectivity index (χ4n) is 2.98. The van der Waals surface area contributed by atoms with Crippen molar-refractivity contribution in [3.8, 4) is 22.4 Å². The molecule has 0 amide bonds. The van der Waals surface area contributed by atoms with Gasteiger partial charge in [-0.15, -0.1) is 0 Å². The van der Waals surface area contributed by atoms with Gasteiger partial charge < -0.3 is 14.5 Å². The van der Waals surface area contributed by atoms with Crippen molar-refractivity contribution in [3.63, 3.8) is 0 Å². The summed E-state index contributed by atoms with van der Waals surface area (Å²) in [6, 6.07) is 17.7. The van der Waals surface area contributed by atoms with E-state index < -0.39 is 9.89 Å². The first-order valence-corrected chi connectivity index (χ1v) is 12.1. The van der Waals surface area contributed by atoms with Crippen LogP contribution in [0.4, 0.5) is 9.52 Å². The Bertz CT molecular complexity index is 1130. The fraction of sp³-hybridized carbons (Fsp3) is 0.217. The summed E-state index contributed by atoms with van der Waals surface area (Å²) in [5, 5.41) is 0.454. The Balaban J connectivity index is 2.03. The molecule has 0 fully saturated rings. The van der Waals surface area contributed by atoms with Crippen LogP contribution in [0.15, 0.2) is 70.7 Å². The molecule has 0 atom stereocenters. The number of thiazole rings is 1. The molecule has 1 aromatic heterocycles. The molecule has 2 aromatic carbocycles. The van der Waals surface area contributed by atoms with Crippen LogP contribution in [0.1, 0.15) is 0 Å². The summed E-state index contributed by atoms with van der Waals surface area (Å²) in [6.45, 7) is 0. The number of ether oxygens (including phenoxy) is 1. The van der Waals surface area contributed by atoms with Crippen molar-refractivity contribution in [2.24, 2.45) is 0 Å². The van der Waals surface area contributed by atoms with Crippen molar-refractivity contribution in [1.82, 2.24) is 9.88 Å². The second kappa shape index (κ2) is 10.8. The Labute approximate surface area is 210 Å². The van der Waals surface area contributed by atoms with Crippen molar-refractivity contribution in [1.29, 1.82) is 0 Å². The van der Waals surface area contributed by atoms with Crippen molar-refractivity contribution in [2.45, 2.75) is 8.13 Å². The van der Waals surface area contributed by atoms with E-state index in [1.807, 2.05) is 54.6 Å². The van der Waals surface area contributed by atoms with Crippen LogP contribution in [0.3, 0.4) is 0 Å². The molecule has 0 spiro atoms. The van der Waals surface area contributed by atoms with Gasteiger partial charge >= 0.3 is 9.89 Å². The number of anilines is 1. The van der Waals surface area contributed by atoms with Crippen LogP contribution in [0, 0.1) is 0 Å². The number of alkyl halides is 3. The van der Waals surface area contributed by atoms with Crippen LogP contribution in [-0.2, 0) is 9.53 Å². The highest BCUT2D eigenvalue weighted by molar-refractivity contribution is 8.04. The summed E-state index contributed by atoms with van der Waals surface area (Å²) in [5.74, 6) is -0.529. The molecule has 33 heavy (non-hydrogen) atoms. The van der Waals surface area contributed by atoms with E-state index >= 15 is 0 Å². The normalized spacial score (nSPS) is 11.9. The highest BCUT2D eigenvalue weighted by atomic mass is 35.5. The van der Waals surface area contributed by atoms with Crippen LogP contribution in [0.2, 0.25) is 0 Å². The number of aromatic nitrogens is 1. The number of hydrogen-bond donors (Lipinski definition) is 0. The lowest BCUT2D eigenvalue weighted by molar-refractivity contribution is -0.136. The number of rotatable bonds is 8. The maximum Gasteiger partial charge on any atom is 0.356 e. The van der Waals surface area contributed by atoms with Crippen molar-refractivity contribution < 1.29 is 13.9 Å². The average Bonchev–Trinajstić information content (AvgIpc) is 3.19. The standard InChI is InChI=1S/C23H22Cl2FN3O2S2/c1-28(2)14-18(20(30)31-4)29(3)22-27-19(21(32-22)33-23(24,25)26)17-12-10-16(11-13-17)15-8-6-5-7-9-15/h5-14H,1-4H3. The van der Waals surface area contributed by atoms with Gasteiger partial charge in [0.25, 0.3) is 0 Å². The molecule has 174 valence electrons. The quantitative estimate of drug-likeness (QED) is 0.142. The average molecular weight is 526 g/mol. The number of methoxy groups -OCH3 is 1. The second-order valence-corrected chi connectivity index (χ2v) is 11.2. The summed E-state index contributed by atoms with van der Waals surface area (Å²) in [7, 11) is 6.57. The highest BCUT2D eigenvalue weighted by Crippen LogP contribution is 2.49. The second-order valence-electron chi connectivity index (χ2n) is 7.15. The third kappa shape index (κ3) is 6.63. The topological polar surface area (TPSA) is 45.7 Å². The number of benzene rings is 2. The van der Waals surface area contributed by atoms with Gasteiger partial charge in [-0.2, -0.15) is 4.39 Å². The Morgan fingerprint density at radius 1 is 1.06 bits per heavy atom. The van der Waals surface area contributed by atoms with E-state index in [0.29, 0.717) is 26.8 Å². The summed E-state index contributed by atoms with van der Waals surface area (Å²) >= 11 is 13.1. The predicted octanol–water partition coefficient (Wildman–Crippen LogP) is 6.64. The van der Waals surface area contributed by atoms with Crippen molar-refractivity contribution in [3.05, 3.63) is 66.5 Å². The van der Waals surface area contributed by atoms with E-state index in [1.165, 1.54) is 18.4 Å². The van der Waals surface area contributed by atoms with Crippen molar-refractivity contribution in [2.75, 3.05) is 33.2 Å². The molecule has 0 radical (unpaired) electrons. The number of nitrogens with zero attached hydrogens (tertiary/aromatic N) is 3. The number of thioether (sulfide) groups is 1. The predicted molar refractivity (Wildman–Crippen MR) is 137 cm³/mol. The van der Waals surface area contributed by atoms with Gasteiger partial charge in [0.05, 0.1) is 17.0 Å². The fourth-order valence-corrected chi connectivity index (χ4v) is 5.72. The number of halogens is 3. The molecule has 0 unspecified atom stereocenters. The van der Waals surface area contributed by atoms with E-state index in [9.17, 15) is 9.18 Å². The molecular formula is C23H22Cl2FN3O2S2. The van der Waals surface area contributed by atoms with Crippen molar-refractivity contribution >= 4 is 57.4 Å². The largest absolute Gasteiger partial charge is 0.464 e. The van der Waals surface area contributed by atoms with Crippen LogP contribution < -0.4 is 4.90 Å². The maximum absolute atomic E-state index is 14.1. The monoisotopic (exact) mass is 525 g/mol. The first-order valence-electron chi connectivity index (χ1n) is 9.71. The van der Waals surface area contributed by atoms with Crippen LogP contribution >= 0.6 is 46.3 Å². The van der Waals surface area contributed by atoms with Gasteiger partial charge in [0.2, 0.25) is 0 Å². The lowest BCUT2D eigenvalue weighted by Gasteiger charge is -2.19. The molecule has 5 nitrogen and oxygen atoms in total. The summed E-state index contributed by atoms with van der Waals surface area (Å²) in [6.07, 6.45) is 1.62. The zero-order valence-electron chi connectivity index (χ0n) is 18.4. The van der Waals surface area contributed by atoms with Gasteiger partial charge in [-0.05, 0) is 22.9 Å². The molecule has 1 heterocycles. The number of likely N-dealkylation sites (N-methyl/N-ethyl adjacent to an activating group) is 1. The van der Waals surface area contributed by atoms with Gasteiger partial charge in [-0.1, -0.05) is 89.1 Å². The molecule has 0 N–H and O–H groups in total. The zero-order chi connectivity index (χ0) is 24.2. The van der Waals surface area contributed by atoms with Gasteiger partial charge in [0.1, 0.15) is 5.70 Å². The van der Waals surface area contributed by atoms with E-state index in [0.717, 1.165) is 16.7 Å². The van der Waals surface area contributed by atoms with E-state index in [1.54, 1.807) is 37.1 Å². The molecule has 0 aliphatic carbocycles. The third-order valence-corrected chi connectivity index (χ3v) is 6.98. The minimum absolute atomic E-state index is 0.266. The SMILES string of the molecule is COC(=O)C(=CN(C)C)N(C)c1nc(-c2ccc(-c3ccccc3)cc2)c(SC(F)(Cl)Cl)s1. The van der Waals surface area contributed by atoms with Crippen LogP contribution in [-0.4, -0.2) is 48.0 Å². The Hall–Kier alpha value is -2.26. The molecule has 0 aliphatic heterocycles. The number of carbonyl (C=O) groups is 1. The lowest BCUT2D eigenvalue weighted by atomic mass is 10.0. The van der Waals surface area contributed by atoms with E-state index in [2.05, 4.69) is 4.98 Å². The molecule has 0 bridgehead atoms. The molecule has 3 rings (SSSR count). The summed E-state index contributed by atoms with van der Waals surface area (Å²) < 4.78 is 17.0. The minimum atomic E-state index is -2.54. The number of carbonyl (C=O) groups excluding carboxylic acids is 1. The smallest absolute Gasteiger partial charge is 0.356 e. The Morgan fingerprint density at radius 3 is 2.18 bits per heavy atom. The summed E-state index contributed by atoms with van der Waals surface area (Å²) in [5.41, 5.74) is 3.67. The first kappa shape index (κ1) is 25.4. The molecular weight excluding hydrogens is 504 g/mol.